The minimum absolute atomic E-state index is 0. The Balaban J connectivity index is 0.00000364. The monoisotopic (exact) mass is 486 g/mol. The minimum atomic E-state index is -0.178. The second-order valence-electron chi connectivity index (χ2n) is 6.11. The molecule has 2 N–H and O–H groups in total. The van der Waals surface area contributed by atoms with Crippen LogP contribution in [0.4, 0.5) is 4.39 Å². The van der Waals surface area contributed by atoms with E-state index < -0.39 is 0 Å². The van der Waals surface area contributed by atoms with Gasteiger partial charge in [-0.25, -0.2) is 9.38 Å². The maximum absolute atomic E-state index is 13.7. The van der Waals surface area contributed by atoms with Crippen LogP contribution < -0.4 is 10.6 Å². The quantitative estimate of drug-likeness (QED) is 0.248. The number of benzene rings is 1. The van der Waals surface area contributed by atoms with Crippen LogP contribution in [-0.4, -0.2) is 40.4 Å². The molecule has 27 heavy (non-hydrogen) atoms. The van der Waals surface area contributed by atoms with Gasteiger partial charge in [0.1, 0.15) is 18.0 Å². The van der Waals surface area contributed by atoms with Crippen molar-refractivity contribution in [1.29, 1.82) is 0 Å². The summed E-state index contributed by atoms with van der Waals surface area (Å²) in [6.07, 6.45) is 3.17. The third-order valence-corrected chi connectivity index (χ3v) is 3.81. The first-order valence-corrected chi connectivity index (χ1v) is 8.86. The largest absolute Gasteiger partial charge is 0.356 e. The number of halogens is 2. The van der Waals surface area contributed by atoms with E-state index in [2.05, 4.69) is 39.3 Å². The number of guanidine groups is 1. The SMILES string of the molecule is C=C(C)CN=C(NCCc1ccccc1F)NCCn1cnnc1CC.I. The Kier molecular flexibility index (Phi) is 10.6. The van der Waals surface area contributed by atoms with Gasteiger partial charge in [0.2, 0.25) is 0 Å². The van der Waals surface area contributed by atoms with Crippen molar-refractivity contribution in [3.63, 3.8) is 0 Å². The molecule has 0 saturated heterocycles. The van der Waals surface area contributed by atoms with E-state index in [0.29, 0.717) is 37.6 Å². The van der Waals surface area contributed by atoms with Crippen LogP contribution in [0.5, 0.6) is 0 Å². The first-order valence-electron chi connectivity index (χ1n) is 8.86. The standard InChI is InChI=1S/C19H27FN6.HI/c1-4-18-25-24-14-26(18)12-11-22-19(23-13-15(2)3)21-10-9-16-7-5-6-8-17(16)20;/h5-8,14H,2,4,9-13H2,1,3H3,(H2,21,22,23);1H. The second kappa shape index (κ2) is 12.4. The highest BCUT2D eigenvalue weighted by Crippen LogP contribution is 2.06. The number of aromatic nitrogens is 3. The van der Waals surface area contributed by atoms with Crippen LogP contribution in [0.25, 0.3) is 0 Å². The number of nitrogens with zero attached hydrogens (tertiary/aromatic N) is 4. The lowest BCUT2D eigenvalue weighted by molar-refractivity contribution is 0.605. The van der Waals surface area contributed by atoms with Crippen LogP contribution in [0.3, 0.4) is 0 Å². The van der Waals surface area contributed by atoms with Gasteiger partial charge in [-0.15, -0.1) is 34.2 Å². The molecule has 6 nitrogen and oxygen atoms in total. The summed E-state index contributed by atoms with van der Waals surface area (Å²) < 4.78 is 15.7. The maximum Gasteiger partial charge on any atom is 0.191 e. The fourth-order valence-corrected chi connectivity index (χ4v) is 2.44. The van der Waals surface area contributed by atoms with E-state index in [1.54, 1.807) is 18.5 Å². The lowest BCUT2D eigenvalue weighted by atomic mass is 10.1. The van der Waals surface area contributed by atoms with Gasteiger partial charge in [0.15, 0.2) is 5.96 Å². The van der Waals surface area contributed by atoms with Crippen molar-refractivity contribution in [3.8, 4) is 0 Å². The van der Waals surface area contributed by atoms with E-state index in [-0.39, 0.29) is 29.8 Å². The molecule has 0 radical (unpaired) electrons. The van der Waals surface area contributed by atoms with Crippen LogP contribution in [0, 0.1) is 5.82 Å². The van der Waals surface area contributed by atoms with E-state index in [9.17, 15) is 4.39 Å². The lowest BCUT2D eigenvalue weighted by Gasteiger charge is -2.14. The molecule has 8 heteroatoms. The molecule has 2 rings (SSSR count). The van der Waals surface area contributed by atoms with Gasteiger partial charge in [-0.05, 0) is 25.0 Å². The average molecular weight is 486 g/mol. The molecule has 0 amide bonds. The first-order chi connectivity index (χ1) is 12.6. The van der Waals surface area contributed by atoms with Gasteiger partial charge < -0.3 is 15.2 Å². The molecule has 0 spiro atoms. The Morgan fingerprint density at radius 3 is 2.70 bits per heavy atom. The van der Waals surface area contributed by atoms with E-state index in [4.69, 9.17) is 0 Å². The third kappa shape index (κ3) is 8.06. The highest BCUT2D eigenvalue weighted by Gasteiger charge is 2.04. The molecule has 0 atom stereocenters. The number of nitrogens with one attached hydrogen (secondary N) is 2. The molecule has 0 aliphatic heterocycles. The summed E-state index contributed by atoms with van der Waals surface area (Å²) in [5.74, 6) is 1.47. The van der Waals surface area contributed by atoms with Crippen LogP contribution in [0.1, 0.15) is 25.2 Å². The molecular formula is C19H28FIN6. The van der Waals surface area contributed by atoms with Crippen molar-refractivity contribution in [2.75, 3.05) is 19.6 Å². The fraction of sp³-hybridized carbons (Fsp3) is 0.421. The summed E-state index contributed by atoms with van der Waals surface area (Å²) in [7, 11) is 0. The Hall–Kier alpha value is -1.97. The van der Waals surface area contributed by atoms with Crippen LogP contribution in [0.15, 0.2) is 47.7 Å². The number of aliphatic imine (C=N–C) groups is 1. The zero-order chi connectivity index (χ0) is 18.8. The summed E-state index contributed by atoms with van der Waals surface area (Å²) in [5.41, 5.74) is 1.67. The Labute approximate surface area is 177 Å². The number of hydrogen-bond donors (Lipinski definition) is 2. The van der Waals surface area contributed by atoms with Gasteiger partial charge in [-0.2, -0.15) is 0 Å². The van der Waals surface area contributed by atoms with Crippen LogP contribution >= 0.6 is 24.0 Å². The molecule has 1 aromatic heterocycles. The molecule has 0 aliphatic carbocycles. The van der Waals surface area contributed by atoms with E-state index in [1.165, 1.54) is 6.07 Å². The van der Waals surface area contributed by atoms with Gasteiger partial charge in [-0.3, -0.25) is 0 Å². The zero-order valence-electron chi connectivity index (χ0n) is 15.9. The topological polar surface area (TPSA) is 67.1 Å². The highest BCUT2D eigenvalue weighted by atomic mass is 127. The third-order valence-electron chi connectivity index (χ3n) is 3.81. The van der Waals surface area contributed by atoms with Gasteiger partial charge in [0.05, 0.1) is 6.54 Å². The Bertz CT molecular complexity index is 743. The van der Waals surface area contributed by atoms with Gasteiger partial charge in [0, 0.05) is 26.1 Å². The van der Waals surface area contributed by atoms with Gasteiger partial charge in [-0.1, -0.05) is 37.3 Å². The smallest absolute Gasteiger partial charge is 0.191 e. The van der Waals surface area contributed by atoms with Crippen LogP contribution in [0.2, 0.25) is 0 Å². The lowest BCUT2D eigenvalue weighted by Crippen LogP contribution is -2.40. The Morgan fingerprint density at radius 2 is 2.00 bits per heavy atom. The molecule has 0 saturated carbocycles. The van der Waals surface area contributed by atoms with Crippen molar-refractivity contribution in [2.45, 2.75) is 33.2 Å². The molecule has 148 valence electrons. The predicted octanol–water partition coefficient (Wildman–Crippen LogP) is 2.95. The molecule has 0 aliphatic rings. The summed E-state index contributed by atoms with van der Waals surface area (Å²) in [4.78, 5) is 4.50. The number of rotatable bonds is 9. The fourth-order valence-electron chi connectivity index (χ4n) is 2.44. The molecule has 2 aromatic rings. The first kappa shape index (κ1) is 23.1. The van der Waals surface area contributed by atoms with Gasteiger partial charge in [0.25, 0.3) is 0 Å². The van der Waals surface area contributed by atoms with Crippen molar-refractivity contribution < 1.29 is 4.39 Å². The molecule has 0 bridgehead atoms. The van der Waals surface area contributed by atoms with Crippen molar-refractivity contribution >= 4 is 29.9 Å². The molecule has 1 aromatic carbocycles. The Morgan fingerprint density at radius 1 is 1.26 bits per heavy atom. The summed E-state index contributed by atoms with van der Waals surface area (Å²) in [6, 6.07) is 6.82. The van der Waals surface area contributed by atoms with Gasteiger partial charge >= 0.3 is 0 Å². The summed E-state index contributed by atoms with van der Waals surface area (Å²) in [5, 5.41) is 14.6. The predicted molar refractivity (Wildman–Crippen MR) is 118 cm³/mol. The van der Waals surface area contributed by atoms with Crippen molar-refractivity contribution in [3.05, 3.63) is 59.9 Å². The molecule has 0 fully saturated rings. The van der Waals surface area contributed by atoms with E-state index in [1.807, 2.05) is 17.6 Å². The number of hydrogen-bond acceptors (Lipinski definition) is 3. The molecular weight excluding hydrogens is 458 g/mol. The van der Waals surface area contributed by atoms with E-state index >= 15 is 0 Å². The second-order valence-corrected chi connectivity index (χ2v) is 6.11. The van der Waals surface area contributed by atoms with Crippen molar-refractivity contribution in [1.82, 2.24) is 25.4 Å². The minimum Gasteiger partial charge on any atom is -0.356 e. The van der Waals surface area contributed by atoms with Crippen molar-refractivity contribution in [2.24, 2.45) is 4.99 Å². The average Bonchev–Trinajstić information content (AvgIpc) is 3.08. The molecule has 0 unspecified atom stereocenters. The summed E-state index contributed by atoms with van der Waals surface area (Å²) in [6.45, 7) is 10.4. The maximum atomic E-state index is 13.7. The zero-order valence-corrected chi connectivity index (χ0v) is 18.2. The summed E-state index contributed by atoms with van der Waals surface area (Å²) >= 11 is 0. The normalized spacial score (nSPS) is 11.0. The van der Waals surface area contributed by atoms with E-state index in [0.717, 1.165) is 24.4 Å². The number of aryl methyl sites for hydroxylation is 1. The highest BCUT2D eigenvalue weighted by molar-refractivity contribution is 14.0. The van der Waals surface area contributed by atoms with Crippen LogP contribution in [-0.2, 0) is 19.4 Å². The molecule has 1 heterocycles.